The van der Waals surface area contributed by atoms with Crippen LogP contribution in [0.25, 0.3) is 0 Å². The Morgan fingerprint density at radius 1 is 1.00 bits per heavy atom. The van der Waals surface area contributed by atoms with E-state index in [4.69, 9.17) is 65.4 Å². The second-order valence-electron chi connectivity index (χ2n) is 6.53. The molecule has 5 atom stereocenters. The number of halogens is 4. The molecule has 158 valence electrons. The van der Waals surface area contributed by atoms with Gasteiger partial charge in [0.2, 0.25) is 0 Å². The van der Waals surface area contributed by atoms with Crippen LogP contribution in [0.15, 0.2) is 36.4 Å². The zero-order valence-corrected chi connectivity index (χ0v) is 18.7. The standard InChI is InChI=1S/C20H20Cl4O5/c1-26-17(13-6-5-12(22)8-15(13)24)19-18(16(25)20(27-2)29-19)28-9-10-3-4-11(21)7-14(10)23/h3-8,16-20,25H,9H2,1-2H3/t16-,17?,18+,19-,20?/m1/s1. The Hall–Kier alpha value is -0.600. The molecule has 0 amide bonds. The van der Waals surface area contributed by atoms with Crippen molar-refractivity contribution in [2.24, 2.45) is 0 Å². The molecule has 0 aliphatic carbocycles. The van der Waals surface area contributed by atoms with Gasteiger partial charge in [0.1, 0.15) is 24.4 Å². The van der Waals surface area contributed by atoms with Crippen molar-refractivity contribution in [1.82, 2.24) is 0 Å². The summed E-state index contributed by atoms with van der Waals surface area (Å²) in [6.07, 6.45) is -4.00. The van der Waals surface area contributed by atoms with Crippen molar-refractivity contribution in [3.63, 3.8) is 0 Å². The fourth-order valence-electron chi connectivity index (χ4n) is 3.29. The Labute approximate surface area is 189 Å². The molecule has 0 bridgehead atoms. The van der Waals surface area contributed by atoms with E-state index >= 15 is 0 Å². The largest absolute Gasteiger partial charge is 0.385 e. The summed E-state index contributed by atoms with van der Waals surface area (Å²) in [5.41, 5.74) is 1.38. The lowest BCUT2D eigenvalue weighted by molar-refractivity contribution is -0.168. The monoisotopic (exact) mass is 480 g/mol. The van der Waals surface area contributed by atoms with Gasteiger partial charge in [-0.15, -0.1) is 0 Å². The highest BCUT2D eigenvalue weighted by molar-refractivity contribution is 6.35. The Kier molecular flexibility index (Phi) is 8.07. The van der Waals surface area contributed by atoms with Gasteiger partial charge in [0.15, 0.2) is 6.29 Å². The molecular formula is C20H20Cl4O5. The zero-order valence-electron chi connectivity index (χ0n) is 15.7. The molecule has 2 aromatic carbocycles. The van der Waals surface area contributed by atoms with Crippen LogP contribution in [-0.2, 0) is 25.6 Å². The maximum absolute atomic E-state index is 10.7. The Bertz CT molecular complexity index is 850. The van der Waals surface area contributed by atoms with Crippen LogP contribution in [-0.4, -0.2) is 43.9 Å². The van der Waals surface area contributed by atoms with Crippen LogP contribution >= 0.6 is 46.4 Å². The summed E-state index contributed by atoms with van der Waals surface area (Å²) >= 11 is 24.5. The average molecular weight is 482 g/mol. The highest BCUT2D eigenvalue weighted by Gasteiger charge is 2.49. The molecule has 0 aromatic heterocycles. The van der Waals surface area contributed by atoms with Gasteiger partial charge in [-0.1, -0.05) is 58.5 Å². The first-order chi connectivity index (χ1) is 13.8. The van der Waals surface area contributed by atoms with Gasteiger partial charge in [-0.3, -0.25) is 0 Å². The minimum Gasteiger partial charge on any atom is -0.385 e. The molecule has 1 N–H and O–H groups in total. The van der Waals surface area contributed by atoms with Gasteiger partial charge >= 0.3 is 0 Å². The summed E-state index contributed by atoms with van der Waals surface area (Å²) < 4.78 is 22.8. The van der Waals surface area contributed by atoms with Gasteiger partial charge in [0, 0.05) is 39.9 Å². The number of rotatable bonds is 7. The van der Waals surface area contributed by atoms with Crippen molar-refractivity contribution in [1.29, 1.82) is 0 Å². The van der Waals surface area contributed by atoms with E-state index in [-0.39, 0.29) is 6.61 Å². The van der Waals surface area contributed by atoms with E-state index in [2.05, 4.69) is 0 Å². The molecule has 0 radical (unpaired) electrons. The molecule has 0 spiro atoms. The van der Waals surface area contributed by atoms with Crippen molar-refractivity contribution in [3.8, 4) is 0 Å². The van der Waals surface area contributed by atoms with Gasteiger partial charge in [-0.2, -0.15) is 0 Å². The number of aliphatic hydroxyl groups excluding tert-OH is 1. The first kappa shape index (κ1) is 23.1. The maximum atomic E-state index is 10.7. The van der Waals surface area contributed by atoms with Gasteiger partial charge in [0.25, 0.3) is 0 Å². The molecule has 5 nitrogen and oxygen atoms in total. The summed E-state index contributed by atoms with van der Waals surface area (Å²) in [4.78, 5) is 0. The number of ether oxygens (including phenoxy) is 4. The SMILES string of the molecule is COC(c1ccc(Cl)cc1Cl)[C@H]1OC(OC)[C@H](O)[C@@H]1OCc1ccc(Cl)cc1Cl. The van der Waals surface area contributed by atoms with Crippen molar-refractivity contribution >= 4 is 46.4 Å². The Morgan fingerprint density at radius 2 is 1.66 bits per heavy atom. The molecule has 29 heavy (non-hydrogen) atoms. The third-order valence-corrected chi connectivity index (χ3v) is 5.88. The predicted molar refractivity (Wildman–Crippen MR) is 113 cm³/mol. The smallest absolute Gasteiger partial charge is 0.186 e. The fourth-order valence-corrected chi connectivity index (χ4v) is 4.27. The lowest BCUT2D eigenvalue weighted by Gasteiger charge is -2.28. The van der Waals surface area contributed by atoms with E-state index in [1.807, 2.05) is 0 Å². The van der Waals surface area contributed by atoms with E-state index in [9.17, 15) is 5.11 Å². The zero-order chi connectivity index (χ0) is 21.1. The van der Waals surface area contributed by atoms with Gasteiger partial charge in [-0.25, -0.2) is 0 Å². The molecule has 1 aliphatic heterocycles. The third kappa shape index (κ3) is 5.18. The van der Waals surface area contributed by atoms with Gasteiger partial charge in [0.05, 0.1) is 6.61 Å². The lowest BCUT2D eigenvalue weighted by atomic mass is 9.98. The summed E-state index contributed by atoms with van der Waals surface area (Å²) in [6, 6.07) is 10.2. The Balaban J connectivity index is 1.85. The minimum absolute atomic E-state index is 0.138. The van der Waals surface area contributed by atoms with Gasteiger partial charge in [-0.05, 0) is 29.8 Å². The van der Waals surface area contributed by atoms with Crippen LogP contribution < -0.4 is 0 Å². The van der Waals surface area contributed by atoms with E-state index in [0.717, 1.165) is 5.56 Å². The second kappa shape index (κ2) is 10.1. The normalized spacial score (nSPS) is 25.3. The molecule has 1 saturated heterocycles. The topological polar surface area (TPSA) is 57.2 Å². The van der Waals surface area contributed by atoms with Crippen molar-refractivity contribution < 1.29 is 24.1 Å². The molecule has 2 aromatic rings. The van der Waals surface area contributed by atoms with Crippen molar-refractivity contribution in [2.45, 2.75) is 37.3 Å². The van der Waals surface area contributed by atoms with Crippen LogP contribution in [0.2, 0.25) is 20.1 Å². The van der Waals surface area contributed by atoms with Crippen molar-refractivity contribution in [3.05, 3.63) is 67.6 Å². The molecule has 1 heterocycles. The summed E-state index contributed by atoms with van der Waals surface area (Å²) in [5.74, 6) is 0. The van der Waals surface area contributed by atoms with Crippen molar-refractivity contribution in [2.75, 3.05) is 14.2 Å². The molecule has 9 heteroatoms. The Morgan fingerprint density at radius 3 is 2.24 bits per heavy atom. The maximum Gasteiger partial charge on any atom is 0.186 e. The summed E-state index contributed by atoms with van der Waals surface area (Å²) in [5, 5.41) is 12.6. The third-order valence-electron chi connectivity index (χ3n) is 4.73. The predicted octanol–water partition coefficient (Wildman–Crippen LogP) is 5.31. The second-order valence-corrected chi connectivity index (χ2v) is 8.22. The molecule has 1 fully saturated rings. The highest BCUT2D eigenvalue weighted by atomic mass is 35.5. The van der Waals surface area contributed by atoms with E-state index in [0.29, 0.717) is 25.7 Å². The molecular weight excluding hydrogens is 462 g/mol. The fraction of sp³-hybridized carbons (Fsp3) is 0.400. The number of hydrogen-bond acceptors (Lipinski definition) is 5. The number of aliphatic hydroxyl groups is 1. The summed E-state index contributed by atoms with van der Waals surface area (Å²) in [6.45, 7) is 0.138. The number of methoxy groups -OCH3 is 2. The van der Waals surface area contributed by atoms with Crippen LogP contribution in [0.5, 0.6) is 0 Å². The highest BCUT2D eigenvalue weighted by Crippen LogP contribution is 2.39. The lowest BCUT2D eigenvalue weighted by Crippen LogP contribution is -2.38. The van der Waals surface area contributed by atoms with Crippen LogP contribution in [0.1, 0.15) is 17.2 Å². The number of benzene rings is 2. The molecule has 2 unspecified atom stereocenters. The van der Waals surface area contributed by atoms with E-state index in [1.165, 1.54) is 14.2 Å². The summed E-state index contributed by atoms with van der Waals surface area (Å²) in [7, 11) is 2.97. The van der Waals surface area contributed by atoms with Crippen LogP contribution in [0, 0.1) is 0 Å². The molecule has 3 rings (SSSR count). The quantitative estimate of drug-likeness (QED) is 0.581. The van der Waals surface area contributed by atoms with Gasteiger partial charge < -0.3 is 24.1 Å². The first-order valence-electron chi connectivity index (χ1n) is 8.75. The van der Waals surface area contributed by atoms with Crippen LogP contribution in [0.3, 0.4) is 0 Å². The number of hydrogen-bond donors (Lipinski definition) is 1. The first-order valence-corrected chi connectivity index (χ1v) is 10.3. The molecule has 1 aliphatic rings. The average Bonchev–Trinajstić information content (AvgIpc) is 2.99. The minimum atomic E-state index is -1.04. The van der Waals surface area contributed by atoms with E-state index in [1.54, 1.807) is 36.4 Å². The van der Waals surface area contributed by atoms with E-state index < -0.39 is 30.7 Å². The van der Waals surface area contributed by atoms with Crippen LogP contribution in [0.4, 0.5) is 0 Å². The molecule has 0 saturated carbocycles.